The molecule has 0 spiro atoms. The highest BCUT2D eigenvalue weighted by molar-refractivity contribution is 9.10. The van der Waals surface area contributed by atoms with E-state index in [1.165, 1.54) is 0 Å². The van der Waals surface area contributed by atoms with Gasteiger partial charge in [0.2, 0.25) is 0 Å². The summed E-state index contributed by atoms with van der Waals surface area (Å²) in [5, 5.41) is 7.43. The van der Waals surface area contributed by atoms with E-state index in [0.29, 0.717) is 11.7 Å². The van der Waals surface area contributed by atoms with Gasteiger partial charge in [-0.15, -0.1) is 5.10 Å². The molecule has 12 heavy (non-hydrogen) atoms. The third kappa shape index (κ3) is 5.01. The standard InChI is InChI=1S/C7H13BrN4/c1-4-10-12-6(3)11-7(9)5(2)8/h4-5H,1-3H3,(H2,9,11,12)/b10-4+. The highest BCUT2D eigenvalue weighted by Gasteiger charge is 2.00. The average molecular weight is 233 g/mol. The SMILES string of the molecule is C/C=N/N=C(\C)N=C(N)C(C)Br. The van der Waals surface area contributed by atoms with Gasteiger partial charge in [-0.1, -0.05) is 15.9 Å². The van der Waals surface area contributed by atoms with Crippen molar-refractivity contribution in [3.63, 3.8) is 0 Å². The number of rotatable bonds is 2. The molecule has 1 atom stereocenters. The Morgan fingerprint density at radius 2 is 2.17 bits per heavy atom. The van der Waals surface area contributed by atoms with Crippen LogP contribution in [0.4, 0.5) is 0 Å². The van der Waals surface area contributed by atoms with Gasteiger partial charge in [0.1, 0.15) is 11.7 Å². The van der Waals surface area contributed by atoms with Gasteiger partial charge in [-0.3, -0.25) is 0 Å². The molecule has 5 heteroatoms. The fourth-order valence-electron chi connectivity index (χ4n) is 0.439. The number of nitrogens with two attached hydrogens (primary N) is 1. The van der Waals surface area contributed by atoms with E-state index in [9.17, 15) is 0 Å². The molecular formula is C7H13BrN4. The van der Waals surface area contributed by atoms with Crippen molar-refractivity contribution in [2.24, 2.45) is 20.9 Å². The van der Waals surface area contributed by atoms with Crippen LogP contribution in [0.3, 0.4) is 0 Å². The first-order chi connectivity index (χ1) is 5.57. The second-order valence-electron chi connectivity index (χ2n) is 2.17. The number of nitrogens with zero attached hydrogens (tertiary/aromatic N) is 3. The zero-order valence-electron chi connectivity index (χ0n) is 7.45. The normalized spacial score (nSPS) is 17.0. The van der Waals surface area contributed by atoms with E-state index in [1.54, 1.807) is 20.1 Å². The van der Waals surface area contributed by atoms with Gasteiger partial charge in [0, 0.05) is 6.21 Å². The molecule has 0 heterocycles. The number of alkyl halides is 1. The Bertz CT molecular complexity index is 217. The Hall–Kier alpha value is -0.710. The molecule has 0 aliphatic heterocycles. The molecule has 0 bridgehead atoms. The van der Waals surface area contributed by atoms with Crippen molar-refractivity contribution in [3.8, 4) is 0 Å². The Labute approximate surface area is 80.8 Å². The summed E-state index contributed by atoms with van der Waals surface area (Å²) >= 11 is 3.29. The minimum Gasteiger partial charge on any atom is -0.386 e. The van der Waals surface area contributed by atoms with Crippen LogP contribution in [0.15, 0.2) is 15.2 Å². The van der Waals surface area contributed by atoms with Crippen LogP contribution < -0.4 is 5.73 Å². The van der Waals surface area contributed by atoms with Gasteiger partial charge in [0.25, 0.3) is 0 Å². The summed E-state index contributed by atoms with van der Waals surface area (Å²) in [7, 11) is 0. The van der Waals surface area contributed by atoms with Crippen molar-refractivity contribution in [2.75, 3.05) is 0 Å². The lowest BCUT2D eigenvalue weighted by atomic mass is 10.4. The van der Waals surface area contributed by atoms with Crippen LogP contribution in [0, 0.1) is 0 Å². The van der Waals surface area contributed by atoms with Crippen LogP contribution in [0.1, 0.15) is 20.8 Å². The van der Waals surface area contributed by atoms with Gasteiger partial charge in [0.05, 0.1) is 4.83 Å². The lowest BCUT2D eigenvalue weighted by Gasteiger charge is -2.00. The lowest BCUT2D eigenvalue weighted by Crippen LogP contribution is -2.22. The Balaban J connectivity index is 4.32. The third-order valence-corrected chi connectivity index (χ3v) is 1.49. The summed E-state index contributed by atoms with van der Waals surface area (Å²) in [6.45, 7) is 5.43. The summed E-state index contributed by atoms with van der Waals surface area (Å²) in [5.41, 5.74) is 5.56. The van der Waals surface area contributed by atoms with Crippen molar-refractivity contribution >= 4 is 33.8 Å². The highest BCUT2D eigenvalue weighted by atomic mass is 79.9. The molecule has 68 valence electrons. The molecule has 0 aliphatic carbocycles. The highest BCUT2D eigenvalue weighted by Crippen LogP contribution is 1.97. The van der Waals surface area contributed by atoms with Crippen molar-refractivity contribution in [2.45, 2.75) is 25.6 Å². The van der Waals surface area contributed by atoms with E-state index in [4.69, 9.17) is 5.73 Å². The van der Waals surface area contributed by atoms with E-state index in [0.717, 1.165) is 0 Å². The molecule has 0 aromatic rings. The van der Waals surface area contributed by atoms with Crippen LogP contribution in [-0.2, 0) is 0 Å². The summed E-state index contributed by atoms with van der Waals surface area (Å²) in [5.74, 6) is 1.06. The first kappa shape index (κ1) is 11.3. The van der Waals surface area contributed by atoms with Crippen LogP contribution in [0.2, 0.25) is 0 Å². The molecule has 0 radical (unpaired) electrons. The molecule has 1 unspecified atom stereocenters. The van der Waals surface area contributed by atoms with Crippen molar-refractivity contribution in [1.82, 2.24) is 0 Å². The van der Waals surface area contributed by atoms with E-state index < -0.39 is 0 Å². The Kier molecular flexibility index (Phi) is 5.53. The van der Waals surface area contributed by atoms with E-state index in [2.05, 4.69) is 31.1 Å². The zero-order chi connectivity index (χ0) is 9.56. The Morgan fingerprint density at radius 3 is 2.58 bits per heavy atom. The number of amidine groups is 2. The maximum atomic E-state index is 5.56. The topological polar surface area (TPSA) is 63.1 Å². The zero-order valence-corrected chi connectivity index (χ0v) is 9.04. The molecule has 0 aliphatic rings. The predicted octanol–water partition coefficient (Wildman–Crippen LogP) is 1.55. The molecule has 0 aromatic carbocycles. The van der Waals surface area contributed by atoms with Gasteiger partial charge in [0.15, 0.2) is 0 Å². The average Bonchev–Trinajstić information content (AvgIpc) is 2.00. The summed E-state index contributed by atoms with van der Waals surface area (Å²) in [6, 6.07) is 0. The third-order valence-electron chi connectivity index (χ3n) is 1.02. The molecule has 0 rings (SSSR count). The fourth-order valence-corrected chi connectivity index (χ4v) is 0.542. The van der Waals surface area contributed by atoms with E-state index >= 15 is 0 Å². The van der Waals surface area contributed by atoms with Gasteiger partial charge in [-0.25, -0.2) is 4.99 Å². The maximum absolute atomic E-state index is 5.56. The molecule has 0 saturated carbocycles. The number of hydrogen-bond donors (Lipinski definition) is 1. The number of halogens is 1. The van der Waals surface area contributed by atoms with Crippen LogP contribution in [0.5, 0.6) is 0 Å². The minimum atomic E-state index is 0.0632. The van der Waals surface area contributed by atoms with E-state index in [-0.39, 0.29) is 4.83 Å². The monoisotopic (exact) mass is 232 g/mol. The molecule has 0 fully saturated rings. The smallest absolute Gasteiger partial charge is 0.149 e. The quantitative estimate of drug-likeness (QED) is 0.334. The molecule has 2 N–H and O–H groups in total. The van der Waals surface area contributed by atoms with Crippen molar-refractivity contribution < 1.29 is 0 Å². The minimum absolute atomic E-state index is 0.0632. The molecule has 0 aromatic heterocycles. The molecule has 0 amide bonds. The second kappa shape index (κ2) is 5.88. The lowest BCUT2D eigenvalue weighted by molar-refractivity contribution is 1.21. The van der Waals surface area contributed by atoms with Crippen LogP contribution in [0.25, 0.3) is 0 Å². The molecule has 4 nitrogen and oxygen atoms in total. The van der Waals surface area contributed by atoms with Crippen molar-refractivity contribution in [3.05, 3.63) is 0 Å². The van der Waals surface area contributed by atoms with Gasteiger partial charge >= 0.3 is 0 Å². The largest absolute Gasteiger partial charge is 0.386 e. The molecular weight excluding hydrogens is 220 g/mol. The fraction of sp³-hybridized carbons (Fsp3) is 0.571. The first-order valence-corrected chi connectivity index (χ1v) is 4.49. The predicted molar refractivity (Wildman–Crippen MR) is 57.3 cm³/mol. The van der Waals surface area contributed by atoms with Gasteiger partial charge in [-0.05, 0) is 20.8 Å². The summed E-state index contributed by atoms with van der Waals surface area (Å²) < 4.78 is 0. The van der Waals surface area contributed by atoms with Crippen molar-refractivity contribution in [1.29, 1.82) is 0 Å². The van der Waals surface area contributed by atoms with Crippen LogP contribution >= 0.6 is 15.9 Å². The van der Waals surface area contributed by atoms with Gasteiger partial charge < -0.3 is 5.73 Å². The summed E-state index contributed by atoms with van der Waals surface area (Å²) in [6.07, 6.45) is 1.59. The molecule has 0 saturated heterocycles. The Morgan fingerprint density at radius 1 is 1.58 bits per heavy atom. The van der Waals surface area contributed by atoms with Crippen LogP contribution in [-0.4, -0.2) is 22.7 Å². The summed E-state index contributed by atoms with van der Waals surface area (Å²) in [4.78, 5) is 4.06. The number of hydrogen-bond acceptors (Lipinski definition) is 2. The van der Waals surface area contributed by atoms with Gasteiger partial charge in [-0.2, -0.15) is 5.10 Å². The van der Waals surface area contributed by atoms with E-state index in [1.807, 2.05) is 6.92 Å². The second-order valence-corrected chi connectivity index (χ2v) is 3.55. The number of aliphatic imine (C=N–C) groups is 1. The maximum Gasteiger partial charge on any atom is 0.149 e. The first-order valence-electron chi connectivity index (χ1n) is 3.58.